The van der Waals surface area contributed by atoms with Gasteiger partial charge in [0.2, 0.25) is 21.8 Å². The summed E-state index contributed by atoms with van der Waals surface area (Å²) in [5, 5.41) is 3.57. The molecule has 0 spiro atoms. The number of likely N-dealkylation sites (N-methyl/N-ethyl adjacent to an activating group) is 1. The summed E-state index contributed by atoms with van der Waals surface area (Å²) in [6, 6.07) is 17.5. The molecule has 0 radical (unpaired) electrons. The zero-order valence-electron chi connectivity index (χ0n) is 21.5. The quantitative estimate of drug-likeness (QED) is 0.335. The number of amides is 2. The summed E-state index contributed by atoms with van der Waals surface area (Å²) < 4.78 is 32.1. The summed E-state index contributed by atoms with van der Waals surface area (Å²) in [7, 11) is -1.14. The Morgan fingerprint density at radius 1 is 0.974 bits per heavy atom. The maximum absolute atomic E-state index is 14.0. The summed E-state index contributed by atoms with van der Waals surface area (Å²) >= 11 is 18.6. The molecule has 0 unspecified atom stereocenters. The van der Waals surface area contributed by atoms with Crippen molar-refractivity contribution in [3.63, 3.8) is 0 Å². The number of halogens is 3. The highest BCUT2D eigenvalue weighted by Gasteiger charge is 2.33. The van der Waals surface area contributed by atoms with E-state index in [0.29, 0.717) is 15.6 Å². The van der Waals surface area contributed by atoms with Gasteiger partial charge in [-0.3, -0.25) is 13.9 Å². The fraction of sp³-hybridized carbons (Fsp3) is 0.259. The van der Waals surface area contributed by atoms with Crippen LogP contribution in [0.3, 0.4) is 0 Å². The Balaban J connectivity index is 2.10. The lowest BCUT2D eigenvalue weighted by Crippen LogP contribution is -2.53. The summed E-state index contributed by atoms with van der Waals surface area (Å²) in [5.41, 5.74) is 1.43. The first-order chi connectivity index (χ1) is 18.4. The van der Waals surface area contributed by atoms with Crippen molar-refractivity contribution >= 4 is 62.3 Å². The number of hydrogen-bond acceptors (Lipinski definition) is 5. The maximum Gasteiger partial charge on any atom is 0.244 e. The van der Waals surface area contributed by atoms with Gasteiger partial charge in [-0.1, -0.05) is 71.2 Å². The third-order valence-electron chi connectivity index (χ3n) is 5.96. The van der Waals surface area contributed by atoms with Gasteiger partial charge in [0, 0.05) is 35.1 Å². The number of nitrogens with zero attached hydrogens (tertiary/aromatic N) is 2. The molecule has 3 rings (SSSR count). The number of hydrogen-bond donors (Lipinski definition) is 1. The van der Waals surface area contributed by atoms with E-state index in [1.165, 1.54) is 37.3 Å². The number of benzene rings is 3. The summed E-state index contributed by atoms with van der Waals surface area (Å²) in [6.07, 6.45) is 1.15. The van der Waals surface area contributed by atoms with Gasteiger partial charge in [0.05, 0.1) is 19.1 Å². The number of carbonyl (C=O) groups excluding carboxylic acids is 2. The number of ether oxygens (including phenoxy) is 1. The van der Waals surface area contributed by atoms with Crippen molar-refractivity contribution < 1.29 is 22.7 Å². The van der Waals surface area contributed by atoms with Gasteiger partial charge in [0.1, 0.15) is 18.3 Å². The van der Waals surface area contributed by atoms with Crippen molar-refractivity contribution in [3.05, 3.63) is 92.9 Å². The van der Waals surface area contributed by atoms with Gasteiger partial charge in [0.25, 0.3) is 0 Å². The monoisotopic (exact) mass is 611 g/mol. The molecule has 0 aliphatic heterocycles. The second-order valence-electron chi connectivity index (χ2n) is 8.66. The van der Waals surface area contributed by atoms with Crippen LogP contribution in [0.2, 0.25) is 15.1 Å². The lowest BCUT2D eigenvalue weighted by Gasteiger charge is -2.33. The van der Waals surface area contributed by atoms with Crippen molar-refractivity contribution in [2.45, 2.75) is 19.0 Å². The van der Waals surface area contributed by atoms with E-state index < -0.39 is 34.4 Å². The van der Waals surface area contributed by atoms with Gasteiger partial charge in [-0.2, -0.15) is 0 Å². The highest BCUT2D eigenvalue weighted by Crippen LogP contribution is 2.33. The minimum atomic E-state index is -3.99. The molecule has 0 aromatic heterocycles. The predicted octanol–water partition coefficient (Wildman–Crippen LogP) is 4.81. The number of anilines is 1. The van der Waals surface area contributed by atoms with Crippen molar-refractivity contribution in [2.75, 3.05) is 31.3 Å². The van der Waals surface area contributed by atoms with Crippen LogP contribution in [0.25, 0.3) is 0 Å². The Labute approximate surface area is 243 Å². The SMILES string of the molecule is CNC(=O)[C@@H](Cc1ccccc1)N(Cc1ccc(Cl)cc1Cl)C(=O)CN(c1cc(Cl)ccc1OC)S(C)(=O)=O. The Morgan fingerprint density at radius 2 is 1.62 bits per heavy atom. The first kappa shape index (κ1) is 30.6. The van der Waals surface area contributed by atoms with Crippen LogP contribution in [0.4, 0.5) is 5.69 Å². The molecule has 1 N–H and O–H groups in total. The van der Waals surface area contributed by atoms with E-state index in [9.17, 15) is 18.0 Å². The van der Waals surface area contributed by atoms with Gasteiger partial charge >= 0.3 is 0 Å². The molecule has 0 saturated carbocycles. The van der Waals surface area contributed by atoms with Crippen LogP contribution in [0.15, 0.2) is 66.7 Å². The molecule has 0 aliphatic carbocycles. The van der Waals surface area contributed by atoms with Crippen LogP contribution in [-0.2, 0) is 32.6 Å². The molecule has 3 aromatic carbocycles. The molecule has 12 heteroatoms. The smallest absolute Gasteiger partial charge is 0.244 e. The van der Waals surface area contributed by atoms with E-state index in [0.717, 1.165) is 16.1 Å². The van der Waals surface area contributed by atoms with Gasteiger partial charge < -0.3 is 15.0 Å². The molecule has 0 bridgehead atoms. The van der Waals surface area contributed by atoms with Crippen molar-refractivity contribution in [2.24, 2.45) is 0 Å². The molecule has 0 saturated heterocycles. The van der Waals surface area contributed by atoms with Crippen molar-refractivity contribution in [1.29, 1.82) is 0 Å². The Hall–Kier alpha value is -2.98. The van der Waals surface area contributed by atoms with Crippen molar-refractivity contribution in [3.8, 4) is 5.75 Å². The molecular formula is C27H28Cl3N3O5S. The van der Waals surface area contributed by atoms with E-state index in [-0.39, 0.29) is 29.4 Å². The standard InChI is InChI=1S/C27H28Cl3N3O5S/c1-31-27(35)24(13-18-7-5-4-6-8-18)32(16-19-9-10-20(28)14-22(19)30)26(34)17-33(39(3,36)37)23-15-21(29)11-12-25(23)38-2/h4-12,14-15,24H,13,16-17H2,1-3H3,(H,31,35)/t24-/m1/s1. The minimum absolute atomic E-state index is 0.0793. The lowest BCUT2D eigenvalue weighted by molar-refractivity contribution is -0.139. The maximum atomic E-state index is 14.0. The van der Waals surface area contributed by atoms with Gasteiger partial charge in [-0.15, -0.1) is 0 Å². The second-order valence-corrected chi connectivity index (χ2v) is 11.8. The van der Waals surface area contributed by atoms with Crippen LogP contribution in [0.1, 0.15) is 11.1 Å². The summed E-state index contributed by atoms with van der Waals surface area (Å²) in [4.78, 5) is 28.5. The first-order valence-electron chi connectivity index (χ1n) is 11.7. The zero-order chi connectivity index (χ0) is 28.7. The molecule has 39 heavy (non-hydrogen) atoms. The van der Waals surface area contributed by atoms with E-state index >= 15 is 0 Å². The molecule has 0 fully saturated rings. The lowest BCUT2D eigenvalue weighted by atomic mass is 10.0. The highest BCUT2D eigenvalue weighted by molar-refractivity contribution is 7.92. The second kappa shape index (κ2) is 13.4. The molecular weight excluding hydrogens is 585 g/mol. The highest BCUT2D eigenvalue weighted by atomic mass is 35.5. The van der Waals surface area contributed by atoms with Gasteiger partial charge in [0.15, 0.2) is 0 Å². The Bertz CT molecular complexity index is 1440. The summed E-state index contributed by atoms with van der Waals surface area (Å²) in [5.74, 6) is -0.862. The molecule has 3 aromatic rings. The molecule has 2 amide bonds. The molecule has 1 atom stereocenters. The number of sulfonamides is 1. The van der Waals surface area contributed by atoms with E-state index in [1.807, 2.05) is 30.3 Å². The van der Waals surface area contributed by atoms with Crippen molar-refractivity contribution in [1.82, 2.24) is 10.2 Å². The third kappa shape index (κ3) is 8.02. The largest absolute Gasteiger partial charge is 0.495 e. The van der Waals surface area contributed by atoms with Crippen LogP contribution >= 0.6 is 34.8 Å². The van der Waals surface area contributed by atoms with Gasteiger partial charge in [-0.05, 0) is 41.5 Å². The van der Waals surface area contributed by atoms with Gasteiger partial charge in [-0.25, -0.2) is 8.42 Å². The Kier molecular flexibility index (Phi) is 10.5. The van der Waals surface area contributed by atoms with E-state index in [4.69, 9.17) is 39.5 Å². The average Bonchev–Trinajstić information content (AvgIpc) is 2.89. The average molecular weight is 613 g/mol. The van der Waals surface area contributed by atoms with E-state index in [1.54, 1.807) is 18.2 Å². The van der Waals surface area contributed by atoms with Crippen LogP contribution < -0.4 is 14.4 Å². The Morgan fingerprint density at radius 3 is 2.21 bits per heavy atom. The molecule has 0 heterocycles. The minimum Gasteiger partial charge on any atom is -0.495 e. The van der Waals surface area contributed by atoms with Crippen LogP contribution in [0, 0.1) is 0 Å². The zero-order valence-corrected chi connectivity index (χ0v) is 24.6. The topological polar surface area (TPSA) is 96.0 Å². The van der Waals surface area contributed by atoms with E-state index in [2.05, 4.69) is 5.32 Å². The number of nitrogens with one attached hydrogen (secondary N) is 1. The summed E-state index contributed by atoms with van der Waals surface area (Å²) in [6.45, 7) is -0.701. The molecule has 0 aliphatic rings. The fourth-order valence-corrected chi connectivity index (χ4v) is 5.49. The fourth-order valence-electron chi connectivity index (χ4n) is 4.01. The molecule has 8 nitrogen and oxygen atoms in total. The molecule has 208 valence electrons. The number of methoxy groups -OCH3 is 1. The predicted molar refractivity (Wildman–Crippen MR) is 155 cm³/mol. The third-order valence-corrected chi connectivity index (χ3v) is 7.91. The van der Waals surface area contributed by atoms with Crippen LogP contribution in [-0.4, -0.2) is 58.1 Å². The van der Waals surface area contributed by atoms with Crippen LogP contribution in [0.5, 0.6) is 5.75 Å². The number of carbonyl (C=O) groups is 2. The number of rotatable bonds is 11. The normalized spacial score (nSPS) is 11.9. The first-order valence-corrected chi connectivity index (χ1v) is 14.7.